The van der Waals surface area contributed by atoms with Gasteiger partial charge in [0.2, 0.25) is 0 Å². The van der Waals surface area contributed by atoms with Gasteiger partial charge in [-0.15, -0.1) is 0 Å². The Bertz CT molecular complexity index is 1060. The first-order valence-corrected chi connectivity index (χ1v) is 9.95. The molecule has 0 heterocycles. The van der Waals surface area contributed by atoms with E-state index in [0.717, 1.165) is 16.9 Å². The van der Waals surface area contributed by atoms with Crippen LogP contribution in [0.5, 0.6) is 11.5 Å². The van der Waals surface area contributed by atoms with Crippen LogP contribution in [0.1, 0.15) is 38.8 Å². The quantitative estimate of drug-likeness (QED) is 0.520. The highest BCUT2D eigenvalue weighted by molar-refractivity contribution is 6.04. The molecular weight excluding hydrogens is 394 g/mol. The van der Waals surface area contributed by atoms with Crippen molar-refractivity contribution >= 4 is 17.6 Å². The normalized spacial score (nSPS) is 10.3. The first-order valence-electron chi connectivity index (χ1n) is 9.95. The molecule has 6 nitrogen and oxygen atoms in total. The molecule has 0 aliphatic carbocycles. The molecule has 3 aromatic rings. The molecule has 0 fully saturated rings. The number of amides is 1. The molecule has 1 N–H and O–H groups in total. The number of benzene rings is 3. The predicted molar refractivity (Wildman–Crippen MR) is 119 cm³/mol. The number of hydrogen-bond acceptors (Lipinski definition) is 5. The summed E-state index contributed by atoms with van der Waals surface area (Å²) in [6.07, 6.45) is 0. The van der Waals surface area contributed by atoms with Crippen molar-refractivity contribution in [3.8, 4) is 11.5 Å². The SMILES string of the molecule is CCOC(=O)c1ccc(NC(=O)c2ccc(OC)c(COc3ccccc3C)c2)cc1. The molecule has 0 atom stereocenters. The van der Waals surface area contributed by atoms with Gasteiger partial charge >= 0.3 is 5.97 Å². The number of nitrogens with one attached hydrogen (secondary N) is 1. The van der Waals surface area contributed by atoms with Crippen LogP contribution in [0.2, 0.25) is 0 Å². The van der Waals surface area contributed by atoms with Crippen LogP contribution in [0, 0.1) is 6.92 Å². The van der Waals surface area contributed by atoms with Crippen LogP contribution < -0.4 is 14.8 Å². The topological polar surface area (TPSA) is 73.9 Å². The van der Waals surface area contributed by atoms with Crippen LogP contribution in [0.25, 0.3) is 0 Å². The standard InChI is InChI=1S/C25H25NO5/c1-4-30-25(28)18-9-12-21(13-10-18)26-24(27)19-11-14-23(29-3)20(15-19)16-31-22-8-6-5-7-17(22)2/h5-15H,4,16H2,1-3H3,(H,26,27). The Balaban J connectivity index is 1.72. The number of aryl methyl sites for hydroxylation is 1. The highest BCUT2D eigenvalue weighted by atomic mass is 16.5. The van der Waals surface area contributed by atoms with E-state index in [0.29, 0.717) is 29.2 Å². The first kappa shape index (κ1) is 21.9. The minimum atomic E-state index is -0.395. The van der Waals surface area contributed by atoms with Gasteiger partial charge in [0.25, 0.3) is 5.91 Å². The predicted octanol–water partition coefficient (Wildman–Crippen LogP) is 5.01. The second-order valence-corrected chi connectivity index (χ2v) is 6.83. The summed E-state index contributed by atoms with van der Waals surface area (Å²) in [6.45, 7) is 4.30. The molecule has 6 heteroatoms. The summed E-state index contributed by atoms with van der Waals surface area (Å²) in [7, 11) is 1.58. The highest BCUT2D eigenvalue weighted by Crippen LogP contribution is 2.24. The van der Waals surface area contributed by atoms with Crippen molar-refractivity contribution in [2.24, 2.45) is 0 Å². The number of ether oxygens (including phenoxy) is 3. The lowest BCUT2D eigenvalue weighted by molar-refractivity contribution is 0.0526. The smallest absolute Gasteiger partial charge is 0.338 e. The van der Waals surface area contributed by atoms with Gasteiger partial charge in [0.15, 0.2) is 0 Å². The molecule has 31 heavy (non-hydrogen) atoms. The van der Waals surface area contributed by atoms with Crippen molar-refractivity contribution < 1.29 is 23.8 Å². The Morgan fingerprint density at radius 2 is 1.61 bits per heavy atom. The number of carbonyl (C=O) groups excluding carboxylic acids is 2. The lowest BCUT2D eigenvalue weighted by atomic mass is 10.1. The Hall–Kier alpha value is -3.80. The summed E-state index contributed by atoms with van der Waals surface area (Å²) in [4.78, 5) is 24.5. The van der Waals surface area contributed by atoms with E-state index in [1.807, 2.05) is 31.2 Å². The molecule has 0 saturated heterocycles. The fourth-order valence-corrected chi connectivity index (χ4v) is 3.01. The molecule has 3 aromatic carbocycles. The molecule has 0 unspecified atom stereocenters. The van der Waals surface area contributed by atoms with E-state index >= 15 is 0 Å². The fourth-order valence-electron chi connectivity index (χ4n) is 3.01. The molecule has 0 aliphatic rings. The maximum atomic E-state index is 12.7. The summed E-state index contributed by atoms with van der Waals surface area (Å²) < 4.78 is 16.3. The van der Waals surface area contributed by atoms with Gasteiger partial charge in [0, 0.05) is 16.8 Å². The zero-order valence-corrected chi connectivity index (χ0v) is 17.8. The summed E-state index contributed by atoms with van der Waals surface area (Å²) in [5.74, 6) is 0.752. The minimum absolute atomic E-state index is 0.267. The van der Waals surface area contributed by atoms with Crippen LogP contribution in [0.3, 0.4) is 0 Å². The van der Waals surface area contributed by atoms with Gasteiger partial charge in [-0.2, -0.15) is 0 Å². The van der Waals surface area contributed by atoms with E-state index in [-0.39, 0.29) is 12.5 Å². The van der Waals surface area contributed by atoms with Crippen molar-refractivity contribution in [1.29, 1.82) is 0 Å². The molecule has 160 valence electrons. The van der Waals surface area contributed by atoms with Gasteiger partial charge in [0.1, 0.15) is 18.1 Å². The van der Waals surface area contributed by atoms with Crippen LogP contribution in [0.4, 0.5) is 5.69 Å². The lowest BCUT2D eigenvalue weighted by Crippen LogP contribution is -2.13. The molecule has 3 rings (SSSR count). The third kappa shape index (κ3) is 5.63. The van der Waals surface area contributed by atoms with Gasteiger partial charge in [0.05, 0.1) is 19.3 Å². The molecule has 0 spiro atoms. The Morgan fingerprint density at radius 1 is 0.903 bits per heavy atom. The van der Waals surface area contributed by atoms with Gasteiger partial charge < -0.3 is 19.5 Å². The van der Waals surface area contributed by atoms with Crippen LogP contribution in [-0.4, -0.2) is 25.6 Å². The van der Waals surface area contributed by atoms with Gasteiger partial charge in [-0.1, -0.05) is 18.2 Å². The number of para-hydroxylation sites is 1. The molecule has 1 amide bonds. The van der Waals surface area contributed by atoms with Crippen molar-refractivity contribution in [2.75, 3.05) is 19.0 Å². The van der Waals surface area contributed by atoms with Crippen LogP contribution in [0.15, 0.2) is 66.7 Å². The third-order valence-electron chi connectivity index (χ3n) is 4.67. The Kier molecular flexibility index (Phi) is 7.27. The minimum Gasteiger partial charge on any atom is -0.496 e. The zero-order valence-electron chi connectivity index (χ0n) is 17.8. The van der Waals surface area contributed by atoms with E-state index in [1.165, 1.54) is 0 Å². The maximum absolute atomic E-state index is 12.7. The average Bonchev–Trinajstić information content (AvgIpc) is 2.79. The van der Waals surface area contributed by atoms with Gasteiger partial charge in [-0.3, -0.25) is 4.79 Å². The number of methoxy groups -OCH3 is 1. The van der Waals surface area contributed by atoms with Gasteiger partial charge in [-0.25, -0.2) is 4.79 Å². The first-order chi connectivity index (χ1) is 15.0. The molecule has 0 radical (unpaired) electrons. The highest BCUT2D eigenvalue weighted by Gasteiger charge is 2.13. The largest absolute Gasteiger partial charge is 0.496 e. The zero-order chi connectivity index (χ0) is 22.2. The fraction of sp³-hybridized carbons (Fsp3) is 0.200. The molecule has 0 saturated carbocycles. The Labute approximate surface area is 181 Å². The van der Waals surface area contributed by atoms with Crippen molar-refractivity contribution in [3.63, 3.8) is 0 Å². The number of anilines is 1. The molecule has 0 aromatic heterocycles. The summed E-state index contributed by atoms with van der Waals surface area (Å²) >= 11 is 0. The second kappa shape index (κ2) is 10.3. The van der Waals surface area contributed by atoms with Crippen LogP contribution >= 0.6 is 0 Å². The van der Waals surface area contributed by atoms with E-state index < -0.39 is 5.97 Å². The van der Waals surface area contributed by atoms with E-state index in [2.05, 4.69) is 5.32 Å². The number of rotatable bonds is 8. The lowest BCUT2D eigenvalue weighted by Gasteiger charge is -2.13. The van der Waals surface area contributed by atoms with Crippen molar-refractivity contribution in [3.05, 3.63) is 89.0 Å². The summed E-state index contributed by atoms with van der Waals surface area (Å²) in [5, 5.41) is 2.83. The summed E-state index contributed by atoms with van der Waals surface area (Å²) in [5.41, 5.74) is 3.27. The monoisotopic (exact) mass is 419 g/mol. The second-order valence-electron chi connectivity index (χ2n) is 6.83. The number of hydrogen-bond donors (Lipinski definition) is 1. The average molecular weight is 419 g/mol. The van der Waals surface area contributed by atoms with E-state index in [4.69, 9.17) is 14.2 Å². The van der Waals surface area contributed by atoms with Gasteiger partial charge in [-0.05, 0) is 67.9 Å². The van der Waals surface area contributed by atoms with Crippen molar-refractivity contribution in [1.82, 2.24) is 0 Å². The number of carbonyl (C=O) groups is 2. The molecular formula is C25H25NO5. The third-order valence-corrected chi connectivity index (χ3v) is 4.67. The molecule has 0 aliphatic heterocycles. The number of esters is 1. The summed E-state index contributed by atoms with van der Waals surface area (Å²) in [6, 6.07) is 19.5. The van der Waals surface area contributed by atoms with Crippen LogP contribution in [-0.2, 0) is 11.3 Å². The molecule has 0 bridgehead atoms. The Morgan fingerprint density at radius 3 is 2.29 bits per heavy atom. The van der Waals surface area contributed by atoms with Crippen molar-refractivity contribution in [2.45, 2.75) is 20.5 Å². The van der Waals surface area contributed by atoms with E-state index in [1.54, 1.807) is 56.5 Å². The maximum Gasteiger partial charge on any atom is 0.338 e. The van der Waals surface area contributed by atoms with E-state index in [9.17, 15) is 9.59 Å².